The summed E-state index contributed by atoms with van der Waals surface area (Å²) in [5, 5.41) is 5.21. The minimum atomic E-state index is -0.534. The van der Waals surface area contributed by atoms with Crippen LogP contribution in [0.15, 0.2) is 65.8 Å². The fourth-order valence-corrected chi connectivity index (χ4v) is 3.57. The molecule has 3 aromatic carbocycles. The van der Waals surface area contributed by atoms with E-state index in [0.717, 1.165) is 22.4 Å². The lowest BCUT2D eigenvalue weighted by molar-refractivity contribution is -0.136. The first-order valence-electron chi connectivity index (χ1n) is 11.2. The maximum Gasteiger partial charge on any atom is 0.349 e. The Morgan fingerprint density at radius 1 is 0.889 bits per heavy atom. The zero-order valence-electron chi connectivity index (χ0n) is 19.9. The molecule has 3 rings (SSSR count). The molecule has 0 bridgehead atoms. The third kappa shape index (κ3) is 8.91. The molecule has 0 aliphatic rings. The highest BCUT2D eigenvalue weighted by molar-refractivity contribution is 6.31. The van der Waals surface area contributed by atoms with Crippen LogP contribution in [-0.2, 0) is 9.59 Å². The summed E-state index contributed by atoms with van der Waals surface area (Å²) in [6, 6.07) is 17.2. The van der Waals surface area contributed by atoms with Gasteiger partial charge in [-0.25, -0.2) is 10.2 Å². The molecule has 0 aromatic heterocycles. The van der Waals surface area contributed by atoms with E-state index in [-0.39, 0.29) is 18.9 Å². The summed E-state index contributed by atoms with van der Waals surface area (Å²) in [7, 11) is 0. The fraction of sp³-hybridized carbons (Fsp3) is 0.222. The molecule has 0 fully saturated rings. The van der Waals surface area contributed by atoms with E-state index in [9.17, 15) is 9.59 Å². The first kappa shape index (κ1) is 27.0. The quantitative estimate of drug-likeness (QED) is 0.110. The SMILES string of the molecule is Cc1cc(Cl)ccc1OCCCC(=O)NN=Cc1ccc(OC(=O)COc2ccc(Cl)cc2C)cc1. The lowest BCUT2D eigenvalue weighted by Gasteiger charge is -2.09. The number of hydrogen-bond donors (Lipinski definition) is 1. The molecule has 0 aliphatic heterocycles. The Morgan fingerprint density at radius 3 is 2.11 bits per heavy atom. The molecule has 0 heterocycles. The van der Waals surface area contributed by atoms with Crippen LogP contribution in [0.5, 0.6) is 17.2 Å². The molecule has 0 atom stereocenters. The molecule has 3 aromatic rings. The first-order chi connectivity index (χ1) is 17.3. The molecule has 1 N–H and O–H groups in total. The smallest absolute Gasteiger partial charge is 0.349 e. The predicted octanol–water partition coefficient (Wildman–Crippen LogP) is 5.90. The van der Waals surface area contributed by atoms with Crippen molar-refractivity contribution >= 4 is 41.3 Å². The molecule has 1 amide bonds. The Balaban J connectivity index is 1.35. The summed E-state index contributed by atoms with van der Waals surface area (Å²) in [6.07, 6.45) is 2.32. The van der Waals surface area contributed by atoms with Gasteiger partial charge in [0.25, 0.3) is 0 Å². The Kier molecular flexibility index (Phi) is 10.2. The normalized spacial score (nSPS) is 10.8. The van der Waals surface area contributed by atoms with Gasteiger partial charge in [-0.05, 0) is 97.6 Å². The number of hydrazone groups is 1. The van der Waals surface area contributed by atoms with Crippen LogP contribution in [-0.4, -0.2) is 31.3 Å². The average Bonchev–Trinajstić information content (AvgIpc) is 2.83. The second-order valence-electron chi connectivity index (χ2n) is 7.90. The maximum absolute atomic E-state index is 12.1. The van der Waals surface area contributed by atoms with Crippen molar-refractivity contribution in [3.05, 3.63) is 87.4 Å². The van der Waals surface area contributed by atoms with Crippen LogP contribution >= 0.6 is 23.2 Å². The highest BCUT2D eigenvalue weighted by Crippen LogP contribution is 2.23. The Morgan fingerprint density at radius 2 is 1.50 bits per heavy atom. The highest BCUT2D eigenvalue weighted by Gasteiger charge is 2.08. The predicted molar refractivity (Wildman–Crippen MR) is 140 cm³/mol. The van der Waals surface area contributed by atoms with Gasteiger partial charge in [0.05, 0.1) is 12.8 Å². The van der Waals surface area contributed by atoms with Crippen LogP contribution in [0.25, 0.3) is 0 Å². The Labute approximate surface area is 220 Å². The van der Waals surface area contributed by atoms with Gasteiger partial charge in [-0.1, -0.05) is 23.2 Å². The maximum atomic E-state index is 12.1. The number of hydrogen-bond acceptors (Lipinski definition) is 6. The van der Waals surface area contributed by atoms with Crippen molar-refractivity contribution in [3.8, 4) is 17.2 Å². The van der Waals surface area contributed by atoms with Crippen molar-refractivity contribution in [2.24, 2.45) is 5.10 Å². The van der Waals surface area contributed by atoms with Gasteiger partial charge in [0, 0.05) is 16.5 Å². The summed E-state index contributed by atoms with van der Waals surface area (Å²) in [4.78, 5) is 24.0. The number of aryl methyl sites for hydroxylation is 2. The summed E-state index contributed by atoms with van der Waals surface area (Å²) >= 11 is 11.8. The third-order valence-electron chi connectivity index (χ3n) is 4.94. The van der Waals surface area contributed by atoms with Crippen molar-refractivity contribution < 1.29 is 23.8 Å². The molecular weight excluding hydrogens is 503 g/mol. The van der Waals surface area contributed by atoms with Crippen LogP contribution in [0.3, 0.4) is 0 Å². The molecule has 0 aliphatic carbocycles. The first-order valence-corrected chi connectivity index (χ1v) is 12.0. The van der Waals surface area contributed by atoms with Gasteiger partial charge in [0.15, 0.2) is 6.61 Å². The fourth-order valence-electron chi connectivity index (χ4n) is 3.12. The van der Waals surface area contributed by atoms with Crippen LogP contribution in [0.2, 0.25) is 10.0 Å². The largest absolute Gasteiger partial charge is 0.493 e. The molecular formula is C27H26Cl2N2O5. The lowest BCUT2D eigenvalue weighted by atomic mass is 10.2. The topological polar surface area (TPSA) is 86.2 Å². The van der Waals surface area contributed by atoms with Crippen molar-refractivity contribution in [1.29, 1.82) is 0 Å². The number of nitrogens with zero attached hydrogens (tertiary/aromatic N) is 1. The van der Waals surface area contributed by atoms with Crippen LogP contribution in [0.1, 0.15) is 29.5 Å². The van der Waals surface area contributed by atoms with Crippen LogP contribution in [0.4, 0.5) is 0 Å². The van der Waals surface area contributed by atoms with E-state index < -0.39 is 5.97 Å². The lowest BCUT2D eigenvalue weighted by Crippen LogP contribution is -2.18. The second kappa shape index (κ2) is 13.5. The number of carbonyl (C=O) groups is 2. The molecule has 0 spiro atoms. The minimum Gasteiger partial charge on any atom is -0.493 e. The van der Waals surface area contributed by atoms with Gasteiger partial charge in [-0.15, -0.1) is 0 Å². The number of carbonyl (C=O) groups excluding carboxylic acids is 2. The van der Waals surface area contributed by atoms with Gasteiger partial charge >= 0.3 is 5.97 Å². The van der Waals surface area contributed by atoms with Gasteiger partial charge < -0.3 is 14.2 Å². The number of esters is 1. The van der Waals surface area contributed by atoms with Gasteiger partial charge in [-0.3, -0.25) is 4.79 Å². The van der Waals surface area contributed by atoms with Crippen LogP contribution < -0.4 is 19.6 Å². The van der Waals surface area contributed by atoms with E-state index in [1.165, 1.54) is 6.21 Å². The minimum absolute atomic E-state index is 0.218. The second-order valence-corrected chi connectivity index (χ2v) is 8.77. The molecule has 188 valence electrons. The Bertz CT molecular complexity index is 1230. The summed E-state index contributed by atoms with van der Waals surface area (Å²) in [5.41, 5.74) is 4.98. The van der Waals surface area contributed by atoms with Crippen molar-refractivity contribution in [2.75, 3.05) is 13.2 Å². The number of nitrogens with one attached hydrogen (secondary N) is 1. The van der Waals surface area contributed by atoms with E-state index in [1.54, 1.807) is 48.5 Å². The Hall–Kier alpha value is -3.55. The molecule has 7 nitrogen and oxygen atoms in total. The van der Waals surface area contributed by atoms with Crippen molar-refractivity contribution in [2.45, 2.75) is 26.7 Å². The van der Waals surface area contributed by atoms with Crippen molar-refractivity contribution in [1.82, 2.24) is 5.43 Å². The van der Waals surface area contributed by atoms with Gasteiger partial charge in [0.2, 0.25) is 5.91 Å². The van der Waals surface area contributed by atoms with Crippen molar-refractivity contribution in [3.63, 3.8) is 0 Å². The number of ether oxygens (including phenoxy) is 3. The van der Waals surface area contributed by atoms with E-state index in [4.69, 9.17) is 37.4 Å². The summed E-state index contributed by atoms with van der Waals surface area (Å²) < 4.78 is 16.4. The van der Waals surface area contributed by atoms with E-state index >= 15 is 0 Å². The van der Waals surface area contributed by atoms with Crippen LogP contribution in [0, 0.1) is 13.8 Å². The van der Waals surface area contributed by atoms with Gasteiger partial charge in [-0.2, -0.15) is 5.10 Å². The monoisotopic (exact) mass is 528 g/mol. The molecule has 0 unspecified atom stereocenters. The number of benzene rings is 3. The third-order valence-corrected chi connectivity index (χ3v) is 5.41. The number of rotatable bonds is 11. The molecule has 36 heavy (non-hydrogen) atoms. The molecule has 0 saturated heterocycles. The summed E-state index contributed by atoms with van der Waals surface area (Å²) in [6.45, 7) is 3.93. The van der Waals surface area contributed by atoms with E-state index in [0.29, 0.717) is 34.6 Å². The zero-order valence-corrected chi connectivity index (χ0v) is 21.4. The highest BCUT2D eigenvalue weighted by atomic mass is 35.5. The average molecular weight is 529 g/mol. The number of amides is 1. The zero-order chi connectivity index (χ0) is 25.9. The standard InChI is InChI=1S/C27H26Cl2N2O5/c1-18-14-21(28)7-11-24(18)34-13-3-4-26(32)31-30-16-20-5-9-23(10-6-20)36-27(33)17-35-25-12-8-22(29)15-19(25)2/h5-12,14-16H,3-4,13,17H2,1-2H3,(H,31,32). The van der Waals surface area contributed by atoms with E-state index in [2.05, 4.69) is 10.5 Å². The molecule has 0 saturated carbocycles. The number of halogens is 2. The van der Waals surface area contributed by atoms with E-state index in [1.807, 2.05) is 26.0 Å². The summed E-state index contributed by atoms with van der Waals surface area (Å²) in [5.74, 6) is 0.927. The molecule has 9 heteroatoms. The molecule has 0 radical (unpaired) electrons. The van der Waals surface area contributed by atoms with Gasteiger partial charge in [0.1, 0.15) is 17.2 Å².